The molecule has 0 radical (unpaired) electrons. The number of anilines is 2. The van der Waals surface area contributed by atoms with Crippen LogP contribution in [-0.2, 0) is 4.74 Å². The van der Waals surface area contributed by atoms with Crippen molar-refractivity contribution in [3.63, 3.8) is 0 Å². The highest BCUT2D eigenvalue weighted by atomic mass is 35.5. The van der Waals surface area contributed by atoms with Crippen LogP contribution in [0, 0.1) is 5.92 Å². The summed E-state index contributed by atoms with van der Waals surface area (Å²) in [6.45, 7) is 5.64. The SMILES string of the molecule is CCN1c2cc(Cl)c(Cl)cc2NCC2COCC21. The topological polar surface area (TPSA) is 24.5 Å². The van der Waals surface area contributed by atoms with Crippen LogP contribution in [0.4, 0.5) is 11.4 Å². The maximum Gasteiger partial charge on any atom is 0.0674 e. The number of benzene rings is 1. The molecule has 2 unspecified atom stereocenters. The van der Waals surface area contributed by atoms with Gasteiger partial charge in [-0.3, -0.25) is 0 Å². The number of nitrogens with zero attached hydrogens (tertiary/aromatic N) is 1. The Labute approximate surface area is 117 Å². The summed E-state index contributed by atoms with van der Waals surface area (Å²) in [6, 6.07) is 4.31. The van der Waals surface area contributed by atoms with Crippen LogP contribution >= 0.6 is 23.2 Å². The minimum Gasteiger partial charge on any atom is -0.383 e. The van der Waals surface area contributed by atoms with Crippen molar-refractivity contribution in [3.05, 3.63) is 22.2 Å². The van der Waals surface area contributed by atoms with Crippen LogP contribution in [0.5, 0.6) is 0 Å². The number of nitrogens with one attached hydrogen (secondary N) is 1. The van der Waals surface area contributed by atoms with E-state index < -0.39 is 0 Å². The first-order valence-corrected chi connectivity index (χ1v) is 7.03. The van der Waals surface area contributed by atoms with Crippen LogP contribution in [0.3, 0.4) is 0 Å². The van der Waals surface area contributed by atoms with Crippen molar-refractivity contribution in [2.24, 2.45) is 5.92 Å². The molecule has 1 aromatic carbocycles. The lowest BCUT2D eigenvalue weighted by atomic mass is 10.0. The van der Waals surface area contributed by atoms with Crippen molar-refractivity contribution in [2.45, 2.75) is 13.0 Å². The van der Waals surface area contributed by atoms with E-state index in [1.807, 2.05) is 12.1 Å². The van der Waals surface area contributed by atoms with Gasteiger partial charge in [0.2, 0.25) is 0 Å². The fraction of sp³-hybridized carbons (Fsp3) is 0.538. The highest BCUT2D eigenvalue weighted by Gasteiger charge is 2.35. The van der Waals surface area contributed by atoms with Gasteiger partial charge in [-0.15, -0.1) is 0 Å². The molecule has 18 heavy (non-hydrogen) atoms. The van der Waals surface area contributed by atoms with E-state index in [9.17, 15) is 0 Å². The second kappa shape index (κ2) is 4.80. The minimum absolute atomic E-state index is 0.431. The Morgan fingerprint density at radius 1 is 1.33 bits per heavy atom. The second-order valence-corrected chi connectivity index (χ2v) is 5.63. The molecule has 2 aliphatic heterocycles. The summed E-state index contributed by atoms with van der Waals surface area (Å²) in [5.74, 6) is 0.523. The van der Waals surface area contributed by atoms with Crippen molar-refractivity contribution in [2.75, 3.05) is 36.5 Å². The number of rotatable bonds is 1. The van der Waals surface area contributed by atoms with Crippen molar-refractivity contribution >= 4 is 34.6 Å². The highest BCUT2D eigenvalue weighted by Crippen LogP contribution is 2.39. The Morgan fingerprint density at radius 3 is 2.89 bits per heavy atom. The molecule has 0 bridgehead atoms. The molecule has 1 saturated heterocycles. The average Bonchev–Trinajstić information content (AvgIpc) is 2.76. The van der Waals surface area contributed by atoms with Crippen LogP contribution in [0.15, 0.2) is 12.1 Å². The number of ether oxygens (including phenoxy) is 1. The van der Waals surface area contributed by atoms with Crippen LogP contribution in [0.1, 0.15) is 6.92 Å². The predicted molar refractivity (Wildman–Crippen MR) is 76.1 cm³/mol. The Hall–Kier alpha value is -0.640. The smallest absolute Gasteiger partial charge is 0.0674 e. The third-order valence-corrected chi connectivity index (χ3v) is 4.53. The zero-order valence-corrected chi connectivity index (χ0v) is 11.8. The molecule has 2 heterocycles. The highest BCUT2D eigenvalue weighted by molar-refractivity contribution is 6.42. The Morgan fingerprint density at radius 2 is 2.11 bits per heavy atom. The van der Waals surface area contributed by atoms with Crippen LogP contribution in [0.2, 0.25) is 10.0 Å². The van der Waals surface area contributed by atoms with E-state index in [2.05, 4.69) is 17.1 Å². The number of halogens is 2. The summed E-state index contributed by atoms with van der Waals surface area (Å²) >= 11 is 12.2. The molecule has 98 valence electrons. The number of fused-ring (bicyclic) bond motifs is 2. The molecule has 0 spiro atoms. The molecule has 3 nitrogen and oxygen atoms in total. The van der Waals surface area contributed by atoms with Gasteiger partial charge in [0.05, 0.1) is 40.7 Å². The molecule has 2 atom stereocenters. The molecule has 1 aromatic rings. The van der Waals surface area contributed by atoms with E-state index in [0.29, 0.717) is 22.0 Å². The maximum atomic E-state index is 6.15. The van der Waals surface area contributed by atoms with E-state index in [0.717, 1.165) is 37.7 Å². The molecule has 0 aliphatic carbocycles. The zero-order chi connectivity index (χ0) is 12.7. The predicted octanol–water partition coefficient (Wildman–Crippen LogP) is 3.26. The summed E-state index contributed by atoms with van der Waals surface area (Å²) < 4.78 is 5.61. The summed E-state index contributed by atoms with van der Waals surface area (Å²) in [5, 5.41) is 4.67. The first kappa shape index (κ1) is 12.4. The molecule has 5 heteroatoms. The van der Waals surface area contributed by atoms with Gasteiger partial charge in [0.25, 0.3) is 0 Å². The van der Waals surface area contributed by atoms with E-state index in [4.69, 9.17) is 27.9 Å². The summed E-state index contributed by atoms with van der Waals surface area (Å²) in [6.07, 6.45) is 0. The number of hydrogen-bond donors (Lipinski definition) is 1. The van der Waals surface area contributed by atoms with Gasteiger partial charge in [-0.25, -0.2) is 0 Å². The van der Waals surface area contributed by atoms with Gasteiger partial charge >= 0.3 is 0 Å². The lowest BCUT2D eigenvalue weighted by Crippen LogP contribution is -2.40. The first-order chi connectivity index (χ1) is 8.70. The fourth-order valence-corrected chi connectivity index (χ4v) is 3.19. The van der Waals surface area contributed by atoms with Gasteiger partial charge < -0.3 is 15.0 Å². The van der Waals surface area contributed by atoms with E-state index in [-0.39, 0.29) is 0 Å². The van der Waals surface area contributed by atoms with Gasteiger partial charge in [-0.2, -0.15) is 0 Å². The van der Waals surface area contributed by atoms with E-state index >= 15 is 0 Å². The minimum atomic E-state index is 0.431. The van der Waals surface area contributed by atoms with Gasteiger partial charge in [0.15, 0.2) is 0 Å². The van der Waals surface area contributed by atoms with Crippen molar-refractivity contribution in [1.82, 2.24) is 0 Å². The van der Waals surface area contributed by atoms with Gasteiger partial charge in [0, 0.05) is 19.0 Å². The van der Waals surface area contributed by atoms with Gasteiger partial charge in [0.1, 0.15) is 0 Å². The maximum absolute atomic E-state index is 6.15. The van der Waals surface area contributed by atoms with Gasteiger partial charge in [-0.05, 0) is 19.1 Å². The average molecular weight is 287 g/mol. The molecular formula is C13H16Cl2N2O. The molecule has 1 N–H and O–H groups in total. The Kier molecular flexibility index (Phi) is 3.31. The third kappa shape index (κ3) is 1.94. The molecule has 1 fully saturated rings. The zero-order valence-electron chi connectivity index (χ0n) is 10.2. The summed E-state index contributed by atoms with van der Waals surface area (Å²) in [4.78, 5) is 2.37. The van der Waals surface area contributed by atoms with Crippen LogP contribution in [0.25, 0.3) is 0 Å². The van der Waals surface area contributed by atoms with Crippen molar-refractivity contribution in [3.8, 4) is 0 Å². The molecule has 0 aromatic heterocycles. The van der Waals surface area contributed by atoms with E-state index in [1.54, 1.807) is 0 Å². The number of hydrogen-bond acceptors (Lipinski definition) is 3. The summed E-state index contributed by atoms with van der Waals surface area (Å²) in [5.41, 5.74) is 2.20. The monoisotopic (exact) mass is 286 g/mol. The standard InChI is InChI=1S/C13H16Cl2N2O/c1-2-17-12-4-10(15)9(14)3-11(12)16-5-8-6-18-7-13(8)17/h3-4,8,13,16H,2,5-7H2,1H3. The first-order valence-electron chi connectivity index (χ1n) is 6.28. The van der Waals surface area contributed by atoms with Crippen molar-refractivity contribution in [1.29, 1.82) is 0 Å². The largest absolute Gasteiger partial charge is 0.383 e. The second-order valence-electron chi connectivity index (χ2n) is 4.82. The quantitative estimate of drug-likeness (QED) is 0.858. The van der Waals surface area contributed by atoms with E-state index in [1.165, 1.54) is 0 Å². The molecule has 2 aliphatic rings. The molecular weight excluding hydrogens is 271 g/mol. The normalized spacial score (nSPS) is 26.3. The number of likely N-dealkylation sites (N-methyl/N-ethyl adjacent to an activating group) is 1. The third-order valence-electron chi connectivity index (χ3n) is 3.81. The van der Waals surface area contributed by atoms with Crippen LogP contribution < -0.4 is 10.2 Å². The molecule has 0 saturated carbocycles. The molecule has 0 amide bonds. The summed E-state index contributed by atoms with van der Waals surface area (Å²) in [7, 11) is 0. The van der Waals surface area contributed by atoms with Crippen molar-refractivity contribution < 1.29 is 4.74 Å². The lowest BCUT2D eigenvalue weighted by Gasteiger charge is -2.31. The Balaban J connectivity index is 2.06. The fourth-order valence-electron chi connectivity index (χ4n) is 2.87. The lowest BCUT2D eigenvalue weighted by molar-refractivity contribution is 0.185. The Bertz CT molecular complexity index is 467. The van der Waals surface area contributed by atoms with Gasteiger partial charge in [-0.1, -0.05) is 23.2 Å². The molecule has 3 rings (SSSR count). The van der Waals surface area contributed by atoms with Crippen LogP contribution in [-0.4, -0.2) is 32.3 Å².